The highest BCUT2D eigenvalue weighted by Gasteiger charge is 2.74. The lowest BCUT2D eigenvalue weighted by Gasteiger charge is -2.51. The van der Waals surface area contributed by atoms with E-state index in [0.29, 0.717) is 4.31 Å². The van der Waals surface area contributed by atoms with E-state index in [-0.39, 0.29) is 0 Å². The third-order valence-electron chi connectivity index (χ3n) is 9.26. The molecule has 0 bridgehead atoms. The molecule has 0 saturated heterocycles. The SMILES string of the molecule is CN(C(C)(C)N([P+](c1ccccc1)(c1ccccc1)c1ccccc1)[P+](c1ccccc1)(c1ccccc1)c1ccccc1)S(=O)(=O)C(F)(F)F. The van der Waals surface area contributed by atoms with Gasteiger partial charge in [-0.05, 0) is 91.1 Å². The molecule has 0 aromatic heterocycles. The number of rotatable bonds is 11. The van der Waals surface area contributed by atoms with Gasteiger partial charge in [-0.2, -0.15) is 17.5 Å². The van der Waals surface area contributed by atoms with Crippen molar-refractivity contribution in [2.24, 2.45) is 0 Å². The molecule has 51 heavy (non-hydrogen) atoms. The fraction of sp³-hybridized carbons (Fsp3) is 0.122. The van der Waals surface area contributed by atoms with Crippen LogP contribution in [0.25, 0.3) is 0 Å². The van der Waals surface area contributed by atoms with Crippen molar-refractivity contribution >= 4 is 56.7 Å². The Labute approximate surface area is 300 Å². The van der Waals surface area contributed by atoms with Gasteiger partial charge in [0.2, 0.25) is 14.8 Å². The number of alkyl halides is 3. The van der Waals surface area contributed by atoms with E-state index in [9.17, 15) is 21.6 Å². The molecule has 0 radical (unpaired) electrons. The summed E-state index contributed by atoms with van der Waals surface area (Å²) in [6.07, 6.45) is 0. The molecule has 0 heterocycles. The Hall–Kier alpha value is -4.16. The van der Waals surface area contributed by atoms with Crippen molar-refractivity contribution in [3.05, 3.63) is 182 Å². The maximum atomic E-state index is 14.8. The summed E-state index contributed by atoms with van der Waals surface area (Å²) in [6.45, 7) is 3.23. The number of sulfonamides is 1. The van der Waals surface area contributed by atoms with Gasteiger partial charge in [-0.3, -0.25) is 0 Å². The monoisotopic (exact) mass is 742 g/mol. The Bertz CT molecular complexity index is 1820. The first kappa shape index (κ1) is 36.6. The summed E-state index contributed by atoms with van der Waals surface area (Å²) in [7, 11) is -11.5. The van der Waals surface area contributed by atoms with Crippen molar-refractivity contribution in [1.82, 2.24) is 8.75 Å². The second-order valence-corrected chi connectivity index (χ2v) is 21.2. The van der Waals surface area contributed by atoms with Crippen LogP contribution in [0.2, 0.25) is 0 Å². The third-order valence-corrected chi connectivity index (χ3v) is 21.0. The van der Waals surface area contributed by atoms with Gasteiger partial charge in [-0.15, -0.1) is 0 Å². The number of halogens is 3. The first-order chi connectivity index (χ1) is 24.4. The molecule has 6 aromatic rings. The van der Waals surface area contributed by atoms with Crippen LogP contribution in [0, 0.1) is 0 Å². The predicted molar refractivity (Wildman–Crippen MR) is 209 cm³/mol. The summed E-state index contributed by atoms with van der Waals surface area (Å²) in [5.41, 5.74) is -7.38. The van der Waals surface area contributed by atoms with Gasteiger partial charge in [0, 0.05) is 7.05 Å². The molecule has 10 heteroatoms. The van der Waals surface area contributed by atoms with Gasteiger partial charge in [0.1, 0.15) is 31.8 Å². The van der Waals surface area contributed by atoms with E-state index in [1.807, 2.05) is 182 Å². The largest absolute Gasteiger partial charge is 0.511 e. The molecule has 6 rings (SSSR count). The Morgan fingerprint density at radius 3 is 0.804 bits per heavy atom. The highest BCUT2D eigenvalue weighted by molar-refractivity contribution is 8.06. The molecular weight excluding hydrogens is 703 g/mol. The molecule has 0 saturated carbocycles. The number of hydrogen-bond donors (Lipinski definition) is 0. The number of hydrogen-bond acceptors (Lipinski definition) is 3. The molecule has 0 atom stereocenters. The second kappa shape index (κ2) is 14.5. The molecule has 0 spiro atoms. The summed E-state index contributed by atoms with van der Waals surface area (Å²) in [5.74, 6) is 0. The van der Waals surface area contributed by atoms with Crippen LogP contribution in [-0.4, -0.2) is 35.4 Å². The van der Waals surface area contributed by atoms with Gasteiger partial charge in [-0.1, -0.05) is 109 Å². The molecule has 0 fully saturated rings. The topological polar surface area (TPSA) is 40.6 Å². The van der Waals surface area contributed by atoms with Crippen LogP contribution in [0.5, 0.6) is 0 Å². The van der Waals surface area contributed by atoms with Crippen LogP contribution in [0.4, 0.5) is 13.2 Å². The van der Waals surface area contributed by atoms with Crippen LogP contribution < -0.4 is 31.8 Å². The van der Waals surface area contributed by atoms with Crippen molar-refractivity contribution in [2.45, 2.75) is 25.0 Å². The number of benzene rings is 6. The van der Waals surface area contributed by atoms with Crippen LogP contribution in [0.3, 0.4) is 0 Å². The molecule has 0 N–H and O–H groups in total. The van der Waals surface area contributed by atoms with Crippen LogP contribution >= 0.6 is 14.8 Å². The van der Waals surface area contributed by atoms with E-state index in [2.05, 4.69) is 4.44 Å². The average molecular weight is 743 g/mol. The lowest BCUT2D eigenvalue weighted by Crippen LogP contribution is -2.64. The quantitative estimate of drug-likeness (QED) is 0.101. The normalized spacial score (nSPS) is 13.0. The van der Waals surface area contributed by atoms with Crippen molar-refractivity contribution in [1.29, 1.82) is 0 Å². The molecule has 0 aliphatic rings. The zero-order valence-corrected chi connectivity index (χ0v) is 31.1. The summed E-state index contributed by atoms with van der Waals surface area (Å²) >= 11 is 0. The Kier molecular flexibility index (Phi) is 10.4. The lowest BCUT2D eigenvalue weighted by atomic mass is 10.3. The van der Waals surface area contributed by atoms with Crippen molar-refractivity contribution in [3.8, 4) is 0 Å². The van der Waals surface area contributed by atoms with Gasteiger partial charge < -0.3 is 0 Å². The highest BCUT2D eigenvalue weighted by atomic mass is 32.2. The first-order valence-electron chi connectivity index (χ1n) is 16.4. The third kappa shape index (κ3) is 6.24. The maximum absolute atomic E-state index is 14.8. The molecule has 0 unspecified atom stereocenters. The van der Waals surface area contributed by atoms with Gasteiger partial charge in [0.15, 0.2) is 5.66 Å². The fourth-order valence-corrected chi connectivity index (χ4v) is 20.0. The highest BCUT2D eigenvalue weighted by Crippen LogP contribution is 2.78. The Morgan fingerprint density at radius 2 is 0.627 bits per heavy atom. The summed E-state index contributed by atoms with van der Waals surface area (Å²) < 4.78 is 74.6. The van der Waals surface area contributed by atoms with E-state index in [1.54, 1.807) is 13.8 Å². The van der Waals surface area contributed by atoms with E-state index in [1.165, 1.54) is 0 Å². The minimum Gasteiger partial charge on any atom is -0.203 e. The minimum atomic E-state index is -5.87. The first-order valence-corrected chi connectivity index (χ1v) is 21.3. The van der Waals surface area contributed by atoms with Crippen molar-refractivity contribution < 1.29 is 21.6 Å². The van der Waals surface area contributed by atoms with E-state index in [4.69, 9.17) is 0 Å². The van der Waals surface area contributed by atoms with Crippen molar-refractivity contribution in [3.63, 3.8) is 0 Å². The summed E-state index contributed by atoms with van der Waals surface area (Å²) in [6, 6.07) is 58.9. The maximum Gasteiger partial charge on any atom is 0.511 e. The molecule has 4 nitrogen and oxygen atoms in total. The zero-order valence-electron chi connectivity index (χ0n) is 28.5. The van der Waals surface area contributed by atoms with Gasteiger partial charge >= 0.3 is 15.5 Å². The minimum absolute atomic E-state index is 0.535. The fourth-order valence-electron chi connectivity index (χ4n) is 6.92. The predicted octanol–water partition coefficient (Wildman–Crippen LogP) is 7.62. The van der Waals surface area contributed by atoms with E-state index in [0.717, 1.165) is 38.9 Å². The van der Waals surface area contributed by atoms with Gasteiger partial charge in [0.25, 0.3) is 0 Å². The number of nitrogens with zero attached hydrogens (tertiary/aromatic N) is 2. The smallest absolute Gasteiger partial charge is 0.203 e. The van der Waals surface area contributed by atoms with Gasteiger partial charge in [-0.25, -0.2) is 8.42 Å². The zero-order chi connectivity index (χ0) is 36.3. The summed E-state index contributed by atoms with van der Waals surface area (Å²) in [5, 5.41) is 5.17. The summed E-state index contributed by atoms with van der Waals surface area (Å²) in [4.78, 5) is 0. The molecule has 0 amide bonds. The lowest BCUT2D eigenvalue weighted by molar-refractivity contribution is -0.0522. The van der Waals surface area contributed by atoms with Crippen molar-refractivity contribution in [2.75, 3.05) is 7.05 Å². The van der Waals surface area contributed by atoms with E-state index >= 15 is 0 Å². The molecule has 6 aromatic carbocycles. The Balaban J connectivity index is 1.96. The molecule has 260 valence electrons. The second-order valence-electron chi connectivity index (χ2n) is 12.5. The average Bonchev–Trinajstić information content (AvgIpc) is 3.16. The standard InChI is InChI=1S/C41H39F3N2O2P2S/c1-40(2,45(3)51(47,48)41(42,43)44)46(49(34-22-10-4-11-23-34,35-24-12-5-13-25-35)36-26-14-6-15-27-36)50(37-28-16-7-17-29-37,38-30-18-8-19-31-38)39-32-20-9-21-33-39/h4-33H,1-3H3/q+2. The van der Waals surface area contributed by atoms with E-state index < -0.39 is 36.0 Å². The molecule has 0 aliphatic heterocycles. The van der Waals surface area contributed by atoms with Crippen LogP contribution in [-0.2, 0) is 10.0 Å². The van der Waals surface area contributed by atoms with Crippen LogP contribution in [0.1, 0.15) is 13.8 Å². The van der Waals surface area contributed by atoms with Gasteiger partial charge in [0.05, 0.1) is 0 Å². The Morgan fingerprint density at radius 1 is 0.431 bits per heavy atom. The molecular formula is C41H39F3N2O2P2S+2. The van der Waals surface area contributed by atoms with Crippen LogP contribution in [0.15, 0.2) is 182 Å². The molecule has 0 aliphatic carbocycles.